The fourth-order valence-corrected chi connectivity index (χ4v) is 2.84. The van der Waals surface area contributed by atoms with Gasteiger partial charge in [0.25, 0.3) is 5.91 Å². The van der Waals surface area contributed by atoms with Gasteiger partial charge in [0.05, 0.1) is 12.7 Å². The predicted octanol–water partition coefficient (Wildman–Crippen LogP) is 1.28. The summed E-state index contributed by atoms with van der Waals surface area (Å²) in [7, 11) is -2.77. The molecule has 0 radical (unpaired) electrons. The molecule has 3 N–H and O–H groups in total. The quantitative estimate of drug-likeness (QED) is 0.873. The molecule has 1 aromatic carbocycles. The summed E-state index contributed by atoms with van der Waals surface area (Å²) in [4.78, 5) is 11.9. The minimum absolute atomic E-state index is 0.0529. The topological polar surface area (TPSA) is 98.5 Å². The van der Waals surface area contributed by atoms with Gasteiger partial charge in [0.2, 0.25) is 10.0 Å². The van der Waals surface area contributed by atoms with Crippen LogP contribution in [0.2, 0.25) is 5.02 Å². The van der Waals surface area contributed by atoms with Crippen LogP contribution in [-0.2, 0) is 10.0 Å². The van der Waals surface area contributed by atoms with E-state index in [1.54, 1.807) is 0 Å². The molecular formula is C12H15ClN2O4S. The van der Waals surface area contributed by atoms with Crippen molar-refractivity contribution in [2.24, 2.45) is 5.14 Å². The van der Waals surface area contributed by atoms with Crippen LogP contribution in [0.1, 0.15) is 30.1 Å². The minimum atomic E-state index is -4.04. The molecule has 0 unspecified atom stereocenters. The number of sulfonamides is 1. The summed E-state index contributed by atoms with van der Waals surface area (Å²) < 4.78 is 28.1. The summed E-state index contributed by atoms with van der Waals surface area (Å²) in [6.45, 7) is 1.91. The second-order valence-electron chi connectivity index (χ2n) is 5.04. The number of nitrogens with one attached hydrogen (secondary N) is 1. The first kappa shape index (κ1) is 15.1. The highest BCUT2D eigenvalue weighted by atomic mass is 35.5. The number of methoxy groups -OCH3 is 1. The Morgan fingerprint density at radius 2 is 2.05 bits per heavy atom. The average molecular weight is 319 g/mol. The van der Waals surface area contributed by atoms with Crippen molar-refractivity contribution in [3.8, 4) is 5.75 Å². The number of ether oxygens (including phenoxy) is 1. The van der Waals surface area contributed by atoms with E-state index in [-0.39, 0.29) is 26.8 Å². The highest BCUT2D eigenvalue weighted by molar-refractivity contribution is 7.89. The Morgan fingerprint density at radius 3 is 2.50 bits per heavy atom. The Balaban J connectivity index is 2.52. The standard InChI is InChI=1S/C12H15ClN2O4S/c1-12(3-4-12)15-11(16)8-5-7(13)6-9(10(8)19-2)20(14,17)18/h5-6H,3-4H2,1-2H3,(H,15,16)(H2,14,17,18). The molecule has 20 heavy (non-hydrogen) atoms. The van der Waals surface area contributed by atoms with Gasteiger partial charge in [-0.1, -0.05) is 11.6 Å². The molecule has 0 aliphatic heterocycles. The SMILES string of the molecule is COc1c(C(=O)NC2(C)CC2)cc(Cl)cc1S(N)(=O)=O. The fraction of sp³-hybridized carbons (Fsp3) is 0.417. The summed E-state index contributed by atoms with van der Waals surface area (Å²) >= 11 is 5.86. The Hall–Kier alpha value is -1.31. The van der Waals surface area contributed by atoms with Gasteiger partial charge >= 0.3 is 0 Å². The van der Waals surface area contributed by atoms with Crippen LogP contribution in [0.15, 0.2) is 17.0 Å². The second-order valence-corrected chi connectivity index (χ2v) is 7.01. The van der Waals surface area contributed by atoms with E-state index in [4.69, 9.17) is 21.5 Å². The molecule has 2 rings (SSSR count). The van der Waals surface area contributed by atoms with E-state index in [2.05, 4.69) is 5.32 Å². The maximum atomic E-state index is 12.2. The van der Waals surface area contributed by atoms with Gasteiger partial charge in [0.15, 0.2) is 5.75 Å². The predicted molar refractivity (Wildman–Crippen MR) is 74.5 cm³/mol. The molecule has 1 aromatic rings. The summed E-state index contributed by atoms with van der Waals surface area (Å²) in [6.07, 6.45) is 1.76. The van der Waals surface area contributed by atoms with E-state index in [0.717, 1.165) is 18.9 Å². The molecule has 0 spiro atoms. The molecule has 0 heterocycles. The number of carbonyl (C=O) groups excluding carboxylic acids is 1. The Kier molecular flexibility index (Phi) is 3.70. The van der Waals surface area contributed by atoms with Gasteiger partial charge in [-0.3, -0.25) is 4.79 Å². The number of rotatable bonds is 4. The first-order valence-electron chi connectivity index (χ1n) is 5.89. The molecule has 0 aromatic heterocycles. The number of carbonyl (C=O) groups is 1. The van der Waals surface area contributed by atoms with Crippen molar-refractivity contribution in [1.82, 2.24) is 5.32 Å². The zero-order valence-corrected chi connectivity index (χ0v) is 12.6. The molecule has 0 saturated heterocycles. The third kappa shape index (κ3) is 3.05. The van der Waals surface area contributed by atoms with Gasteiger partial charge in [-0.2, -0.15) is 0 Å². The monoisotopic (exact) mass is 318 g/mol. The van der Waals surface area contributed by atoms with Gasteiger partial charge in [0, 0.05) is 10.6 Å². The Labute approximate surface area is 122 Å². The average Bonchev–Trinajstić information content (AvgIpc) is 3.04. The summed E-state index contributed by atoms with van der Waals surface area (Å²) in [5.74, 6) is -0.534. The lowest BCUT2D eigenvalue weighted by Crippen LogP contribution is -2.34. The maximum Gasteiger partial charge on any atom is 0.255 e. The van der Waals surface area contributed by atoms with Gasteiger partial charge in [0.1, 0.15) is 4.90 Å². The zero-order valence-electron chi connectivity index (χ0n) is 11.1. The van der Waals surface area contributed by atoms with Crippen LogP contribution in [0.4, 0.5) is 0 Å². The van der Waals surface area contributed by atoms with Gasteiger partial charge in [-0.25, -0.2) is 13.6 Å². The fourth-order valence-electron chi connectivity index (χ4n) is 1.81. The Bertz CT molecular complexity index is 668. The number of halogens is 1. The molecular weight excluding hydrogens is 304 g/mol. The number of primary sulfonamides is 1. The molecule has 1 saturated carbocycles. The van der Waals surface area contributed by atoms with Crippen molar-refractivity contribution in [2.45, 2.75) is 30.2 Å². The number of amides is 1. The van der Waals surface area contributed by atoms with E-state index in [1.165, 1.54) is 13.2 Å². The van der Waals surface area contributed by atoms with Crippen molar-refractivity contribution < 1.29 is 17.9 Å². The van der Waals surface area contributed by atoms with Crippen LogP contribution in [0.25, 0.3) is 0 Å². The smallest absolute Gasteiger partial charge is 0.255 e. The van der Waals surface area contributed by atoms with E-state index in [1.807, 2.05) is 6.92 Å². The lowest BCUT2D eigenvalue weighted by Gasteiger charge is -2.16. The first-order chi connectivity index (χ1) is 9.16. The number of hydrogen-bond donors (Lipinski definition) is 2. The third-order valence-electron chi connectivity index (χ3n) is 3.19. The first-order valence-corrected chi connectivity index (χ1v) is 7.81. The normalized spacial score (nSPS) is 16.6. The maximum absolute atomic E-state index is 12.2. The summed E-state index contributed by atoms with van der Waals surface area (Å²) in [5, 5.41) is 8.02. The van der Waals surface area contributed by atoms with Crippen molar-refractivity contribution in [3.63, 3.8) is 0 Å². The highest BCUT2D eigenvalue weighted by Crippen LogP contribution is 2.36. The molecule has 1 aliphatic rings. The van der Waals surface area contributed by atoms with E-state index in [9.17, 15) is 13.2 Å². The van der Waals surface area contributed by atoms with Gasteiger partial charge in [-0.15, -0.1) is 0 Å². The largest absolute Gasteiger partial charge is 0.494 e. The van der Waals surface area contributed by atoms with Crippen LogP contribution in [-0.4, -0.2) is 27.0 Å². The lowest BCUT2D eigenvalue weighted by molar-refractivity contribution is 0.0932. The lowest BCUT2D eigenvalue weighted by atomic mass is 10.1. The van der Waals surface area contributed by atoms with Crippen LogP contribution in [0.5, 0.6) is 5.75 Å². The third-order valence-corrected chi connectivity index (χ3v) is 4.32. The van der Waals surface area contributed by atoms with Crippen molar-refractivity contribution in [3.05, 3.63) is 22.7 Å². The molecule has 0 atom stereocenters. The second kappa shape index (κ2) is 4.91. The highest BCUT2D eigenvalue weighted by Gasteiger charge is 2.39. The molecule has 1 fully saturated rings. The summed E-state index contributed by atoms with van der Waals surface area (Å²) in [5.41, 5.74) is -0.191. The molecule has 8 heteroatoms. The van der Waals surface area contributed by atoms with Gasteiger partial charge < -0.3 is 10.1 Å². The number of nitrogens with two attached hydrogens (primary N) is 1. The minimum Gasteiger partial charge on any atom is -0.494 e. The van der Waals surface area contributed by atoms with E-state index in [0.29, 0.717) is 0 Å². The van der Waals surface area contributed by atoms with Crippen molar-refractivity contribution in [1.29, 1.82) is 0 Å². The van der Waals surface area contributed by atoms with E-state index >= 15 is 0 Å². The van der Waals surface area contributed by atoms with Crippen LogP contribution in [0.3, 0.4) is 0 Å². The molecule has 110 valence electrons. The van der Waals surface area contributed by atoms with Crippen molar-refractivity contribution in [2.75, 3.05) is 7.11 Å². The molecule has 1 aliphatic carbocycles. The number of benzene rings is 1. The Morgan fingerprint density at radius 1 is 1.45 bits per heavy atom. The number of hydrogen-bond acceptors (Lipinski definition) is 4. The van der Waals surface area contributed by atoms with Crippen LogP contribution < -0.4 is 15.2 Å². The molecule has 1 amide bonds. The van der Waals surface area contributed by atoms with Crippen LogP contribution >= 0.6 is 11.6 Å². The zero-order chi connectivity index (χ0) is 15.1. The molecule has 6 nitrogen and oxygen atoms in total. The summed E-state index contributed by atoms with van der Waals surface area (Å²) in [6, 6.07) is 2.52. The van der Waals surface area contributed by atoms with E-state index < -0.39 is 15.9 Å². The van der Waals surface area contributed by atoms with Crippen molar-refractivity contribution >= 4 is 27.5 Å². The molecule has 0 bridgehead atoms. The van der Waals surface area contributed by atoms with Crippen LogP contribution in [0, 0.1) is 0 Å². The van der Waals surface area contributed by atoms with Gasteiger partial charge in [-0.05, 0) is 31.9 Å².